The van der Waals surface area contributed by atoms with Gasteiger partial charge in [-0.1, -0.05) is 0 Å². The molecule has 114 valence electrons. The minimum absolute atomic E-state index is 0.135. The standard InChI is InChI=1S/C13H20N6O2/c1-9(2)19-10(15-8-16-19)7-18-11(20)13(17-12(18)21)3-5-14-6-4-13/h8-9,14H,3-7H2,1-2H3,(H,17,21). The van der Waals surface area contributed by atoms with Crippen molar-refractivity contribution in [2.75, 3.05) is 13.1 Å². The Hall–Kier alpha value is -1.96. The highest BCUT2D eigenvalue weighted by Gasteiger charge is 2.51. The molecule has 8 heteroatoms. The van der Waals surface area contributed by atoms with Gasteiger partial charge in [-0.05, 0) is 39.8 Å². The number of hydrogen-bond acceptors (Lipinski definition) is 5. The van der Waals surface area contributed by atoms with E-state index in [2.05, 4.69) is 20.7 Å². The summed E-state index contributed by atoms with van der Waals surface area (Å²) in [5, 5.41) is 10.2. The molecule has 0 radical (unpaired) electrons. The van der Waals surface area contributed by atoms with Crippen molar-refractivity contribution in [3.05, 3.63) is 12.2 Å². The topological polar surface area (TPSA) is 92.2 Å². The van der Waals surface area contributed by atoms with Crippen LogP contribution >= 0.6 is 0 Å². The summed E-state index contributed by atoms with van der Waals surface area (Å²) in [7, 11) is 0. The molecule has 1 spiro atoms. The predicted octanol–water partition coefficient (Wildman–Crippen LogP) is 0.0330. The lowest BCUT2D eigenvalue weighted by Crippen LogP contribution is -2.53. The van der Waals surface area contributed by atoms with Gasteiger partial charge in [-0.25, -0.2) is 14.5 Å². The molecule has 0 bridgehead atoms. The minimum atomic E-state index is -0.731. The first-order valence-corrected chi connectivity index (χ1v) is 7.27. The summed E-state index contributed by atoms with van der Waals surface area (Å²) in [6.07, 6.45) is 2.71. The molecule has 0 unspecified atom stereocenters. The number of nitrogens with one attached hydrogen (secondary N) is 2. The van der Waals surface area contributed by atoms with Crippen molar-refractivity contribution >= 4 is 11.9 Å². The van der Waals surface area contributed by atoms with E-state index in [1.54, 1.807) is 4.68 Å². The second-order valence-electron chi connectivity index (χ2n) is 5.87. The number of imide groups is 1. The maximum Gasteiger partial charge on any atom is 0.325 e. The van der Waals surface area contributed by atoms with Crippen LogP contribution < -0.4 is 10.6 Å². The van der Waals surface area contributed by atoms with E-state index in [0.717, 1.165) is 13.1 Å². The van der Waals surface area contributed by atoms with Gasteiger partial charge in [0.25, 0.3) is 5.91 Å². The molecule has 0 aliphatic carbocycles. The summed E-state index contributed by atoms with van der Waals surface area (Å²) in [4.78, 5) is 30.3. The molecule has 0 aromatic carbocycles. The highest BCUT2D eigenvalue weighted by atomic mass is 16.2. The van der Waals surface area contributed by atoms with Gasteiger partial charge in [-0.3, -0.25) is 9.69 Å². The highest BCUT2D eigenvalue weighted by Crippen LogP contribution is 2.27. The fraction of sp³-hybridized carbons (Fsp3) is 0.692. The van der Waals surface area contributed by atoms with Crippen LogP contribution in [0.2, 0.25) is 0 Å². The summed E-state index contributed by atoms with van der Waals surface area (Å²) in [5.41, 5.74) is -0.731. The zero-order valence-corrected chi connectivity index (χ0v) is 12.3. The number of hydrogen-bond donors (Lipinski definition) is 2. The zero-order valence-electron chi connectivity index (χ0n) is 12.3. The van der Waals surface area contributed by atoms with Crippen LogP contribution in [0.1, 0.15) is 38.6 Å². The van der Waals surface area contributed by atoms with E-state index in [-0.39, 0.29) is 24.5 Å². The van der Waals surface area contributed by atoms with Gasteiger partial charge in [0.2, 0.25) is 0 Å². The maximum atomic E-state index is 12.7. The number of urea groups is 1. The fourth-order valence-electron chi connectivity index (χ4n) is 2.97. The SMILES string of the molecule is CC(C)n1ncnc1CN1C(=O)NC2(CCNCC2)C1=O. The maximum absolute atomic E-state index is 12.7. The highest BCUT2D eigenvalue weighted by molar-refractivity contribution is 6.07. The molecule has 2 aliphatic heterocycles. The van der Waals surface area contributed by atoms with E-state index < -0.39 is 5.54 Å². The number of rotatable bonds is 3. The molecule has 2 N–H and O–H groups in total. The second kappa shape index (κ2) is 5.10. The second-order valence-corrected chi connectivity index (χ2v) is 5.87. The number of amides is 3. The third kappa shape index (κ3) is 2.29. The monoisotopic (exact) mass is 292 g/mol. The molecule has 1 aromatic heterocycles. The average molecular weight is 292 g/mol. The van der Waals surface area contributed by atoms with Crippen LogP contribution in [0.25, 0.3) is 0 Å². The molecule has 3 heterocycles. The third-order valence-corrected chi connectivity index (χ3v) is 4.14. The van der Waals surface area contributed by atoms with E-state index in [9.17, 15) is 9.59 Å². The van der Waals surface area contributed by atoms with Crippen LogP contribution in [0.3, 0.4) is 0 Å². The van der Waals surface area contributed by atoms with Crippen LogP contribution in [-0.4, -0.2) is 50.2 Å². The Labute approximate surface area is 122 Å². The first-order valence-electron chi connectivity index (χ1n) is 7.27. The van der Waals surface area contributed by atoms with Crippen LogP contribution in [-0.2, 0) is 11.3 Å². The van der Waals surface area contributed by atoms with Crippen molar-refractivity contribution in [2.24, 2.45) is 0 Å². The lowest BCUT2D eigenvalue weighted by atomic mass is 9.88. The van der Waals surface area contributed by atoms with Crippen LogP contribution in [0, 0.1) is 0 Å². The molecule has 21 heavy (non-hydrogen) atoms. The Morgan fingerprint density at radius 2 is 2.05 bits per heavy atom. The molecular formula is C13H20N6O2. The van der Waals surface area contributed by atoms with E-state index in [4.69, 9.17) is 0 Å². The summed E-state index contributed by atoms with van der Waals surface area (Å²) in [5.74, 6) is 0.479. The number of nitrogens with zero attached hydrogens (tertiary/aromatic N) is 4. The van der Waals surface area contributed by atoms with Crippen molar-refractivity contribution in [2.45, 2.75) is 44.8 Å². The van der Waals surface area contributed by atoms with E-state index >= 15 is 0 Å². The smallest absolute Gasteiger partial charge is 0.323 e. The normalized spacial score (nSPS) is 21.4. The average Bonchev–Trinajstić information content (AvgIpc) is 3.00. The van der Waals surface area contributed by atoms with Gasteiger partial charge in [0.05, 0.1) is 6.54 Å². The molecule has 2 fully saturated rings. The van der Waals surface area contributed by atoms with Crippen molar-refractivity contribution in [1.29, 1.82) is 0 Å². The Morgan fingerprint density at radius 1 is 1.33 bits per heavy atom. The number of carbonyl (C=O) groups is 2. The lowest BCUT2D eigenvalue weighted by molar-refractivity contribution is -0.132. The summed E-state index contributed by atoms with van der Waals surface area (Å²) >= 11 is 0. The summed E-state index contributed by atoms with van der Waals surface area (Å²) in [6, 6.07) is -0.198. The van der Waals surface area contributed by atoms with Gasteiger partial charge in [0.1, 0.15) is 17.7 Å². The Kier molecular flexibility index (Phi) is 3.40. The molecule has 3 amide bonds. The van der Waals surface area contributed by atoms with Gasteiger partial charge in [0, 0.05) is 6.04 Å². The van der Waals surface area contributed by atoms with Crippen molar-refractivity contribution in [3.63, 3.8) is 0 Å². The van der Waals surface area contributed by atoms with Gasteiger partial charge in [-0.15, -0.1) is 0 Å². The van der Waals surface area contributed by atoms with Crippen molar-refractivity contribution < 1.29 is 9.59 Å². The predicted molar refractivity (Wildman–Crippen MR) is 74.3 cm³/mol. The lowest BCUT2D eigenvalue weighted by Gasteiger charge is -2.31. The number of aromatic nitrogens is 3. The van der Waals surface area contributed by atoms with Crippen LogP contribution in [0.5, 0.6) is 0 Å². The summed E-state index contributed by atoms with van der Waals surface area (Å²) < 4.78 is 1.73. The zero-order chi connectivity index (χ0) is 15.0. The Bertz CT molecular complexity index is 561. The minimum Gasteiger partial charge on any atom is -0.323 e. The van der Waals surface area contributed by atoms with Gasteiger partial charge in [-0.2, -0.15) is 5.10 Å². The van der Waals surface area contributed by atoms with Gasteiger partial charge in [0.15, 0.2) is 0 Å². The largest absolute Gasteiger partial charge is 0.325 e. The fourth-order valence-corrected chi connectivity index (χ4v) is 2.97. The van der Waals surface area contributed by atoms with E-state index in [1.807, 2.05) is 13.8 Å². The molecule has 2 aliphatic rings. The first kappa shape index (κ1) is 14.0. The van der Waals surface area contributed by atoms with E-state index in [0.29, 0.717) is 18.7 Å². The van der Waals surface area contributed by atoms with Crippen molar-refractivity contribution in [1.82, 2.24) is 30.3 Å². The number of piperidine rings is 1. The Balaban J connectivity index is 1.81. The molecular weight excluding hydrogens is 272 g/mol. The van der Waals surface area contributed by atoms with Gasteiger partial charge >= 0.3 is 6.03 Å². The number of carbonyl (C=O) groups excluding carboxylic acids is 2. The first-order chi connectivity index (χ1) is 10.0. The molecule has 0 atom stereocenters. The molecule has 1 aromatic rings. The molecule has 2 saturated heterocycles. The van der Waals surface area contributed by atoms with Crippen LogP contribution in [0.15, 0.2) is 6.33 Å². The van der Waals surface area contributed by atoms with Gasteiger partial charge < -0.3 is 10.6 Å². The van der Waals surface area contributed by atoms with Crippen LogP contribution in [0.4, 0.5) is 4.79 Å². The molecule has 8 nitrogen and oxygen atoms in total. The summed E-state index contributed by atoms with van der Waals surface area (Å²) in [6.45, 7) is 5.61. The molecule has 3 rings (SSSR count). The van der Waals surface area contributed by atoms with E-state index in [1.165, 1.54) is 11.2 Å². The third-order valence-electron chi connectivity index (χ3n) is 4.14. The quantitative estimate of drug-likeness (QED) is 0.767. The molecule has 0 saturated carbocycles. The Morgan fingerprint density at radius 3 is 2.71 bits per heavy atom. The van der Waals surface area contributed by atoms with Crippen molar-refractivity contribution in [3.8, 4) is 0 Å².